The van der Waals surface area contributed by atoms with Crippen molar-refractivity contribution in [2.75, 3.05) is 32.8 Å². The van der Waals surface area contributed by atoms with Gasteiger partial charge in [0.2, 0.25) is 0 Å². The van der Waals surface area contributed by atoms with Gasteiger partial charge in [-0.15, -0.1) is 11.3 Å². The molecule has 4 rings (SSSR count). The highest BCUT2D eigenvalue weighted by molar-refractivity contribution is 9.10. The van der Waals surface area contributed by atoms with Gasteiger partial charge in [-0.1, -0.05) is 22.0 Å². The fourth-order valence-corrected chi connectivity index (χ4v) is 4.98. The van der Waals surface area contributed by atoms with Crippen molar-refractivity contribution in [1.82, 2.24) is 15.2 Å². The van der Waals surface area contributed by atoms with E-state index in [1.54, 1.807) is 19.2 Å². The van der Waals surface area contributed by atoms with Crippen molar-refractivity contribution in [3.63, 3.8) is 0 Å². The topological polar surface area (TPSA) is 76.0 Å². The number of hydrogen-bond acceptors (Lipinski definition) is 8. The van der Waals surface area contributed by atoms with Gasteiger partial charge in [0.15, 0.2) is 10.8 Å². The first-order chi connectivity index (χ1) is 15.5. The molecule has 2 aliphatic rings. The number of aliphatic imine (C=N–C) groups is 1. The molecule has 1 N–H and O–H groups in total. The van der Waals surface area contributed by atoms with Crippen molar-refractivity contribution in [2.24, 2.45) is 4.99 Å². The highest BCUT2D eigenvalue weighted by Gasteiger charge is 2.35. The van der Waals surface area contributed by atoms with E-state index < -0.39 is 12.0 Å². The maximum Gasteiger partial charge on any atom is 0.338 e. The lowest BCUT2D eigenvalue weighted by Crippen LogP contribution is -2.45. The van der Waals surface area contributed by atoms with E-state index in [0.717, 1.165) is 13.1 Å². The number of morpholine rings is 1. The van der Waals surface area contributed by atoms with Crippen LogP contribution in [0.4, 0.5) is 4.39 Å². The smallest absolute Gasteiger partial charge is 0.338 e. The Bertz CT molecular complexity index is 1040. The molecule has 0 spiro atoms. The number of ether oxygens (including phenoxy) is 2. The second-order valence-electron chi connectivity index (χ2n) is 7.54. The monoisotopic (exact) mass is 522 g/mol. The Kier molecular flexibility index (Phi) is 7.34. The van der Waals surface area contributed by atoms with Crippen LogP contribution in [0.5, 0.6) is 0 Å². The van der Waals surface area contributed by atoms with Crippen LogP contribution in [-0.2, 0) is 14.3 Å². The Hall–Kier alpha value is -2.14. The predicted octanol–water partition coefficient (Wildman–Crippen LogP) is 3.67. The summed E-state index contributed by atoms with van der Waals surface area (Å²) in [5.74, 6) is -0.243. The minimum Gasteiger partial charge on any atom is -0.463 e. The van der Waals surface area contributed by atoms with E-state index in [1.165, 1.54) is 23.5 Å². The molecule has 0 radical (unpaired) electrons. The van der Waals surface area contributed by atoms with Gasteiger partial charge in [-0.2, -0.15) is 0 Å². The number of rotatable bonds is 6. The Morgan fingerprint density at radius 1 is 1.47 bits per heavy atom. The summed E-state index contributed by atoms with van der Waals surface area (Å²) in [5.41, 5.74) is 1.80. The van der Waals surface area contributed by atoms with Crippen molar-refractivity contribution >= 4 is 39.1 Å². The molecule has 2 unspecified atom stereocenters. The molecule has 170 valence electrons. The van der Waals surface area contributed by atoms with Crippen LogP contribution in [0.25, 0.3) is 0 Å². The van der Waals surface area contributed by atoms with Gasteiger partial charge in [0, 0.05) is 41.4 Å². The number of nitrogens with zero attached hydrogens (tertiary/aromatic N) is 3. The maximum atomic E-state index is 13.8. The van der Waals surface area contributed by atoms with E-state index in [1.807, 2.05) is 12.3 Å². The molecule has 7 nitrogen and oxygen atoms in total. The molecule has 10 heteroatoms. The normalized spacial score (nSPS) is 21.8. The first-order valence-corrected chi connectivity index (χ1v) is 12.1. The fourth-order valence-electron chi connectivity index (χ4n) is 3.82. The van der Waals surface area contributed by atoms with E-state index in [2.05, 4.69) is 31.1 Å². The van der Waals surface area contributed by atoms with Gasteiger partial charge in [-0.3, -0.25) is 9.89 Å². The summed E-state index contributed by atoms with van der Waals surface area (Å²) < 4.78 is 25.4. The predicted molar refractivity (Wildman–Crippen MR) is 124 cm³/mol. The summed E-state index contributed by atoms with van der Waals surface area (Å²) in [4.78, 5) is 24.6. The maximum absolute atomic E-state index is 13.8. The number of aromatic nitrogens is 1. The average Bonchev–Trinajstić information content (AvgIpc) is 3.28. The Morgan fingerprint density at radius 3 is 3.00 bits per heavy atom. The van der Waals surface area contributed by atoms with Gasteiger partial charge in [0.1, 0.15) is 11.9 Å². The van der Waals surface area contributed by atoms with Crippen molar-refractivity contribution in [3.05, 3.63) is 61.9 Å². The SMILES string of the molecule is CCOC(=O)C1=C(CN2CCOC(C)C2)NC(c2nccs2)=NC1c1ccc(F)cc1Br. The number of hydrogen-bond donors (Lipinski definition) is 1. The van der Waals surface area contributed by atoms with Crippen molar-refractivity contribution in [2.45, 2.75) is 26.0 Å². The van der Waals surface area contributed by atoms with Crippen LogP contribution in [0.15, 0.2) is 50.5 Å². The van der Waals surface area contributed by atoms with Crippen LogP contribution in [0, 0.1) is 5.82 Å². The number of halogens is 2. The van der Waals surface area contributed by atoms with E-state index in [-0.39, 0.29) is 18.5 Å². The second-order valence-corrected chi connectivity index (χ2v) is 9.29. The molecule has 0 saturated carbocycles. The number of benzene rings is 1. The van der Waals surface area contributed by atoms with E-state index in [4.69, 9.17) is 14.5 Å². The fraction of sp³-hybridized carbons (Fsp3) is 0.409. The largest absolute Gasteiger partial charge is 0.463 e. The summed E-state index contributed by atoms with van der Waals surface area (Å²) in [6, 6.07) is 3.72. The van der Waals surface area contributed by atoms with Crippen molar-refractivity contribution in [3.8, 4) is 0 Å². The number of carbonyl (C=O) groups excluding carboxylic acids is 1. The van der Waals surface area contributed by atoms with E-state index in [9.17, 15) is 9.18 Å². The third kappa shape index (κ3) is 5.09. The Morgan fingerprint density at radius 2 is 2.31 bits per heavy atom. The number of nitrogens with one attached hydrogen (secondary N) is 1. The number of thiazole rings is 1. The zero-order chi connectivity index (χ0) is 22.7. The van der Waals surface area contributed by atoms with Gasteiger partial charge >= 0.3 is 5.97 Å². The molecule has 1 fully saturated rings. The van der Waals surface area contributed by atoms with Gasteiger partial charge < -0.3 is 14.8 Å². The van der Waals surface area contributed by atoms with Gasteiger partial charge in [0.25, 0.3) is 0 Å². The molecule has 0 amide bonds. The van der Waals surface area contributed by atoms with Crippen LogP contribution in [0.3, 0.4) is 0 Å². The average molecular weight is 523 g/mol. The molecule has 1 saturated heterocycles. The summed E-state index contributed by atoms with van der Waals surface area (Å²) >= 11 is 4.90. The van der Waals surface area contributed by atoms with Crippen LogP contribution in [0.2, 0.25) is 0 Å². The molecule has 32 heavy (non-hydrogen) atoms. The van der Waals surface area contributed by atoms with Crippen molar-refractivity contribution in [1.29, 1.82) is 0 Å². The molecule has 0 aliphatic carbocycles. The first-order valence-electron chi connectivity index (χ1n) is 10.4. The zero-order valence-electron chi connectivity index (χ0n) is 17.8. The summed E-state index contributed by atoms with van der Waals surface area (Å²) in [7, 11) is 0. The lowest BCUT2D eigenvalue weighted by Gasteiger charge is -2.34. The minimum atomic E-state index is -0.669. The van der Waals surface area contributed by atoms with Gasteiger partial charge in [-0.05, 0) is 31.5 Å². The number of amidine groups is 1. The molecular formula is C22H24BrFN4O3S. The van der Waals surface area contributed by atoms with Crippen LogP contribution in [0.1, 0.15) is 30.5 Å². The molecule has 2 aromatic rings. The van der Waals surface area contributed by atoms with Crippen molar-refractivity contribution < 1.29 is 18.7 Å². The number of carbonyl (C=O) groups is 1. The Balaban J connectivity index is 1.81. The summed E-state index contributed by atoms with van der Waals surface area (Å²) in [6.45, 7) is 6.67. The second kappa shape index (κ2) is 10.2. The lowest BCUT2D eigenvalue weighted by atomic mass is 9.95. The minimum absolute atomic E-state index is 0.105. The summed E-state index contributed by atoms with van der Waals surface area (Å²) in [5, 5.41) is 5.93. The molecule has 1 aromatic heterocycles. The molecule has 3 heterocycles. The van der Waals surface area contributed by atoms with Crippen LogP contribution >= 0.6 is 27.3 Å². The Labute approximate surface area is 198 Å². The standard InChI is InChI=1S/C22H24BrFN4O3S/c1-3-30-22(29)18-17(12-28-7-8-31-13(2)11-28)26-20(21-25-6-9-32-21)27-19(18)15-5-4-14(24)10-16(15)23/h4-6,9-10,13,19H,3,7-8,11-12H2,1-2H3,(H,26,27). The van der Waals surface area contributed by atoms with E-state index >= 15 is 0 Å². The summed E-state index contributed by atoms with van der Waals surface area (Å²) in [6.07, 6.45) is 1.81. The molecule has 2 aliphatic heterocycles. The third-order valence-corrected chi connectivity index (χ3v) is 6.69. The molecular weight excluding hydrogens is 499 g/mol. The molecule has 1 aromatic carbocycles. The van der Waals surface area contributed by atoms with E-state index in [0.29, 0.717) is 45.3 Å². The van der Waals surface area contributed by atoms with Crippen LogP contribution in [-0.4, -0.2) is 60.6 Å². The first kappa shape index (κ1) is 23.0. The highest BCUT2D eigenvalue weighted by atomic mass is 79.9. The quantitative estimate of drug-likeness (QED) is 0.583. The van der Waals surface area contributed by atoms with Gasteiger partial charge in [-0.25, -0.2) is 14.2 Å². The zero-order valence-corrected chi connectivity index (χ0v) is 20.2. The number of esters is 1. The highest BCUT2D eigenvalue weighted by Crippen LogP contribution is 2.37. The molecule has 0 bridgehead atoms. The van der Waals surface area contributed by atoms with Gasteiger partial charge in [0.05, 0.1) is 24.9 Å². The third-order valence-electron chi connectivity index (χ3n) is 5.22. The van der Waals surface area contributed by atoms with Crippen LogP contribution < -0.4 is 5.32 Å². The molecule has 2 atom stereocenters. The lowest BCUT2D eigenvalue weighted by molar-refractivity contribution is -0.139.